The van der Waals surface area contributed by atoms with E-state index >= 15 is 0 Å². The van der Waals surface area contributed by atoms with Crippen LogP contribution in [0, 0.1) is 10.1 Å². The Balaban J connectivity index is 2.19. The first kappa shape index (κ1) is 24.3. The van der Waals surface area contributed by atoms with Crippen LogP contribution in [-0.2, 0) is 11.2 Å². The van der Waals surface area contributed by atoms with Crippen molar-refractivity contribution in [1.29, 1.82) is 0 Å². The van der Waals surface area contributed by atoms with E-state index in [0.717, 1.165) is 6.26 Å². The van der Waals surface area contributed by atoms with Crippen LogP contribution in [0.5, 0.6) is 5.75 Å². The first-order valence-corrected chi connectivity index (χ1v) is 10.4. The topological polar surface area (TPSA) is 85.8 Å². The lowest BCUT2D eigenvalue weighted by atomic mass is 9.93. The molecule has 33 heavy (non-hydrogen) atoms. The third-order valence-corrected chi connectivity index (χ3v) is 5.77. The third kappa shape index (κ3) is 5.54. The molecule has 3 rings (SSSR count). The van der Waals surface area contributed by atoms with Crippen molar-refractivity contribution < 1.29 is 32.0 Å². The zero-order valence-corrected chi connectivity index (χ0v) is 18.7. The minimum atomic E-state index is -5.28. The highest BCUT2D eigenvalue weighted by atomic mass is 79.9. The minimum Gasteiger partial charge on any atom is -0.497 e. The normalized spacial score (nSPS) is 13.2. The largest absolute Gasteiger partial charge is 0.497 e. The van der Waals surface area contributed by atoms with Crippen LogP contribution in [-0.4, -0.2) is 30.2 Å². The molecule has 1 amide bonds. The number of methoxy groups -OCH3 is 1. The Labute approximate surface area is 195 Å². The highest BCUT2D eigenvalue weighted by Gasteiger charge is 2.50. The molecule has 0 aliphatic heterocycles. The Morgan fingerprint density at radius 3 is 2.36 bits per heavy atom. The molecule has 2 atom stereocenters. The van der Waals surface area contributed by atoms with E-state index in [9.17, 15) is 28.1 Å². The number of hydrogen-bond acceptors (Lipinski definition) is 5. The molecule has 2 aromatic carbocycles. The van der Waals surface area contributed by atoms with Crippen molar-refractivity contribution in [2.24, 2.45) is 0 Å². The van der Waals surface area contributed by atoms with E-state index in [0.29, 0.717) is 20.7 Å². The Hall–Kier alpha value is -3.34. The Morgan fingerprint density at radius 2 is 1.85 bits per heavy atom. The summed E-state index contributed by atoms with van der Waals surface area (Å²) in [5, 5.41) is 12.2. The van der Waals surface area contributed by atoms with Crippen LogP contribution >= 0.6 is 15.9 Å². The molecule has 0 bridgehead atoms. The molecular formula is C22H18BrF3N2O5. The van der Waals surface area contributed by atoms with Crippen LogP contribution in [0.3, 0.4) is 0 Å². The SMILES string of the molecule is COc1ccc(N(C(=O)C(F)(F)F)[C@H](c2ccoc2)[C@H](Cc2ccccc2Br)[N+](=O)[O-])cc1. The number of halogens is 4. The average molecular weight is 527 g/mol. The predicted octanol–water partition coefficient (Wildman–Crippen LogP) is 5.58. The second-order valence-corrected chi connectivity index (χ2v) is 7.88. The maximum Gasteiger partial charge on any atom is 0.471 e. The highest BCUT2D eigenvalue weighted by Crippen LogP contribution is 2.37. The molecule has 1 aromatic heterocycles. The zero-order chi connectivity index (χ0) is 24.2. The molecule has 0 N–H and O–H groups in total. The second-order valence-electron chi connectivity index (χ2n) is 7.02. The number of carbonyl (C=O) groups is 1. The fourth-order valence-electron chi connectivity index (χ4n) is 3.46. The van der Waals surface area contributed by atoms with Crippen molar-refractivity contribution in [2.45, 2.75) is 24.7 Å². The molecule has 0 aliphatic rings. The maximum absolute atomic E-state index is 13.7. The number of hydrogen-bond donors (Lipinski definition) is 0. The van der Waals surface area contributed by atoms with Crippen LogP contribution in [0.15, 0.2) is 76.0 Å². The van der Waals surface area contributed by atoms with E-state index in [-0.39, 0.29) is 17.7 Å². The number of alkyl halides is 3. The smallest absolute Gasteiger partial charge is 0.471 e. The van der Waals surface area contributed by atoms with Gasteiger partial charge in [-0.05, 0) is 42.0 Å². The predicted molar refractivity (Wildman–Crippen MR) is 117 cm³/mol. The van der Waals surface area contributed by atoms with Gasteiger partial charge in [-0.2, -0.15) is 13.2 Å². The van der Waals surface area contributed by atoms with Crippen LogP contribution in [0.4, 0.5) is 18.9 Å². The van der Waals surface area contributed by atoms with Gasteiger partial charge in [-0.1, -0.05) is 34.1 Å². The quantitative estimate of drug-likeness (QED) is 0.282. The Bertz CT molecular complexity index is 1100. The Kier molecular flexibility index (Phi) is 7.42. The second kappa shape index (κ2) is 10.1. The minimum absolute atomic E-state index is 0.0529. The highest BCUT2D eigenvalue weighted by molar-refractivity contribution is 9.10. The van der Waals surface area contributed by atoms with Gasteiger partial charge in [0.2, 0.25) is 6.04 Å². The average Bonchev–Trinajstić information content (AvgIpc) is 3.31. The third-order valence-electron chi connectivity index (χ3n) is 5.00. The summed E-state index contributed by atoms with van der Waals surface area (Å²) in [6, 6.07) is 9.93. The summed E-state index contributed by atoms with van der Waals surface area (Å²) in [6.07, 6.45) is -3.25. The monoisotopic (exact) mass is 526 g/mol. The number of rotatable bonds is 8. The molecule has 7 nitrogen and oxygen atoms in total. The molecule has 11 heteroatoms. The van der Waals surface area contributed by atoms with Gasteiger partial charge in [0.1, 0.15) is 11.8 Å². The summed E-state index contributed by atoms with van der Waals surface area (Å²) >= 11 is 3.31. The van der Waals surface area contributed by atoms with Crippen molar-refractivity contribution in [3.05, 3.63) is 92.8 Å². The molecule has 3 aromatic rings. The molecule has 0 aliphatic carbocycles. The number of benzene rings is 2. The molecule has 0 unspecified atom stereocenters. The van der Waals surface area contributed by atoms with Crippen molar-refractivity contribution in [2.75, 3.05) is 12.0 Å². The number of amides is 1. The fourth-order valence-corrected chi connectivity index (χ4v) is 3.91. The summed E-state index contributed by atoms with van der Waals surface area (Å²) in [5.74, 6) is -1.89. The van der Waals surface area contributed by atoms with Gasteiger partial charge < -0.3 is 9.15 Å². The summed E-state index contributed by atoms with van der Waals surface area (Å²) in [5.41, 5.74) is 0.377. The van der Waals surface area contributed by atoms with E-state index in [1.165, 1.54) is 43.7 Å². The van der Waals surface area contributed by atoms with E-state index in [4.69, 9.17) is 9.15 Å². The molecular weight excluding hydrogens is 509 g/mol. The molecule has 0 fully saturated rings. The number of nitrogens with zero attached hydrogens (tertiary/aromatic N) is 2. The van der Waals surface area contributed by atoms with E-state index in [2.05, 4.69) is 15.9 Å². The molecule has 0 radical (unpaired) electrons. The van der Waals surface area contributed by atoms with Crippen LogP contribution in [0.1, 0.15) is 17.2 Å². The van der Waals surface area contributed by atoms with E-state index < -0.39 is 29.1 Å². The van der Waals surface area contributed by atoms with Gasteiger partial charge in [0.25, 0.3) is 0 Å². The van der Waals surface area contributed by atoms with Crippen molar-refractivity contribution in [3.8, 4) is 5.75 Å². The number of nitro groups is 1. The molecule has 0 spiro atoms. The van der Waals surface area contributed by atoms with Crippen molar-refractivity contribution in [3.63, 3.8) is 0 Å². The lowest BCUT2D eigenvalue weighted by molar-refractivity contribution is -0.526. The van der Waals surface area contributed by atoms with E-state index in [1.807, 2.05) is 0 Å². The zero-order valence-electron chi connectivity index (χ0n) is 17.2. The number of carbonyl (C=O) groups excluding carboxylic acids is 1. The van der Waals surface area contributed by atoms with Crippen molar-refractivity contribution in [1.82, 2.24) is 0 Å². The van der Waals surface area contributed by atoms with Crippen molar-refractivity contribution >= 4 is 27.5 Å². The fraction of sp³-hybridized carbons (Fsp3) is 0.227. The van der Waals surface area contributed by atoms with Crippen LogP contribution in [0.2, 0.25) is 0 Å². The molecule has 174 valence electrons. The first-order valence-electron chi connectivity index (χ1n) is 9.57. The van der Waals surface area contributed by atoms with Crippen LogP contribution in [0.25, 0.3) is 0 Å². The van der Waals surface area contributed by atoms with Gasteiger partial charge in [-0.25, -0.2) is 0 Å². The number of ether oxygens (including phenoxy) is 1. The summed E-state index contributed by atoms with van der Waals surface area (Å²) < 4.78 is 51.6. The lowest BCUT2D eigenvalue weighted by Crippen LogP contribution is -2.49. The summed E-state index contributed by atoms with van der Waals surface area (Å²) in [7, 11) is 1.38. The molecule has 0 saturated carbocycles. The summed E-state index contributed by atoms with van der Waals surface area (Å²) in [6.45, 7) is 0. The lowest BCUT2D eigenvalue weighted by Gasteiger charge is -2.33. The van der Waals surface area contributed by atoms with Gasteiger partial charge >= 0.3 is 12.1 Å². The molecule has 0 saturated heterocycles. The Morgan fingerprint density at radius 1 is 1.18 bits per heavy atom. The first-order chi connectivity index (χ1) is 15.6. The van der Waals surface area contributed by atoms with Gasteiger partial charge in [0, 0.05) is 27.1 Å². The summed E-state index contributed by atoms with van der Waals surface area (Å²) in [4.78, 5) is 24.5. The molecule has 1 heterocycles. The standard InChI is InChI=1S/C22H18BrF3N2O5/c1-32-17-8-6-16(7-9-17)27(21(29)22(24,25)26)20(15-10-11-33-13-15)19(28(30)31)12-14-4-2-3-5-18(14)23/h2-11,13,19-20H,12H2,1H3/t19-,20+/m0/s1. The maximum atomic E-state index is 13.7. The van der Waals surface area contributed by atoms with Gasteiger partial charge in [-0.3, -0.25) is 19.8 Å². The number of anilines is 1. The van der Waals surface area contributed by atoms with Crippen LogP contribution < -0.4 is 9.64 Å². The number of furan rings is 1. The van der Waals surface area contributed by atoms with Gasteiger partial charge in [0.05, 0.1) is 19.6 Å². The van der Waals surface area contributed by atoms with Gasteiger partial charge in [0.15, 0.2) is 0 Å². The van der Waals surface area contributed by atoms with Gasteiger partial charge in [-0.15, -0.1) is 0 Å². The van der Waals surface area contributed by atoms with E-state index in [1.54, 1.807) is 24.3 Å².